The molecule has 2 saturated carbocycles. The number of carbonyl (C=O) groups excluding carboxylic acids is 1. The molecule has 1 amide bonds. The zero-order chi connectivity index (χ0) is 14.3. The summed E-state index contributed by atoms with van der Waals surface area (Å²) < 4.78 is 0. The maximum absolute atomic E-state index is 12.1. The summed E-state index contributed by atoms with van der Waals surface area (Å²) in [5, 5.41) is 14.0. The van der Waals surface area contributed by atoms with Gasteiger partial charge in [-0.15, -0.1) is 0 Å². The monoisotopic (exact) mass is 313 g/mol. The van der Waals surface area contributed by atoms with Crippen molar-refractivity contribution in [3.63, 3.8) is 0 Å². The van der Waals surface area contributed by atoms with E-state index in [4.69, 9.17) is 23.2 Å². The minimum Gasteiger partial charge on any atom is -0.388 e. The van der Waals surface area contributed by atoms with Crippen molar-refractivity contribution in [1.82, 2.24) is 5.32 Å². The summed E-state index contributed by atoms with van der Waals surface area (Å²) in [5.74, 6) is 0.196. The van der Waals surface area contributed by atoms with Crippen LogP contribution in [0.15, 0.2) is 18.2 Å². The third-order valence-electron chi connectivity index (χ3n) is 4.32. The number of nitrogens with one attached hydrogen (secondary N) is 1. The number of hydrogen-bond donors (Lipinski definition) is 2. The highest BCUT2D eigenvalue weighted by Crippen LogP contribution is 2.48. The Labute approximate surface area is 128 Å². The standard InChI is InChI=1S/C15H17Cl2NO2/c16-10-4-9(5-11(17)6-10)12-7-13(12)14(19)18-8-15(20)2-1-3-15/h4-6,12-13,20H,1-3,7-8H2,(H,18,19). The van der Waals surface area contributed by atoms with Gasteiger partial charge >= 0.3 is 0 Å². The Balaban J connectivity index is 1.56. The van der Waals surface area contributed by atoms with E-state index < -0.39 is 5.60 Å². The predicted molar refractivity (Wildman–Crippen MR) is 79.1 cm³/mol. The number of halogens is 2. The first-order valence-electron chi connectivity index (χ1n) is 6.93. The summed E-state index contributed by atoms with van der Waals surface area (Å²) in [7, 11) is 0. The highest BCUT2D eigenvalue weighted by atomic mass is 35.5. The van der Waals surface area contributed by atoms with E-state index >= 15 is 0 Å². The van der Waals surface area contributed by atoms with Crippen LogP contribution in [0.25, 0.3) is 0 Å². The highest BCUT2D eigenvalue weighted by Gasteiger charge is 2.45. The molecule has 2 aliphatic carbocycles. The van der Waals surface area contributed by atoms with Crippen LogP contribution in [-0.2, 0) is 4.79 Å². The Hall–Kier alpha value is -0.770. The van der Waals surface area contributed by atoms with E-state index in [2.05, 4.69) is 5.32 Å². The van der Waals surface area contributed by atoms with Crippen LogP contribution in [0.2, 0.25) is 10.0 Å². The van der Waals surface area contributed by atoms with Crippen molar-refractivity contribution in [3.05, 3.63) is 33.8 Å². The summed E-state index contributed by atoms with van der Waals surface area (Å²) in [6, 6.07) is 5.42. The van der Waals surface area contributed by atoms with Gasteiger partial charge in [-0.25, -0.2) is 0 Å². The molecule has 20 heavy (non-hydrogen) atoms. The zero-order valence-electron chi connectivity index (χ0n) is 11.0. The second kappa shape index (κ2) is 5.21. The van der Waals surface area contributed by atoms with E-state index in [1.165, 1.54) is 0 Å². The van der Waals surface area contributed by atoms with Crippen LogP contribution < -0.4 is 5.32 Å². The van der Waals surface area contributed by atoms with Gasteiger partial charge in [-0.3, -0.25) is 4.79 Å². The van der Waals surface area contributed by atoms with Gasteiger partial charge in [-0.1, -0.05) is 23.2 Å². The largest absolute Gasteiger partial charge is 0.388 e. The lowest BCUT2D eigenvalue weighted by Crippen LogP contribution is -2.48. The molecule has 108 valence electrons. The molecule has 0 saturated heterocycles. The lowest BCUT2D eigenvalue weighted by atomic mass is 9.80. The van der Waals surface area contributed by atoms with Crippen LogP contribution in [0, 0.1) is 5.92 Å². The Morgan fingerprint density at radius 1 is 1.30 bits per heavy atom. The molecule has 0 heterocycles. The molecule has 3 nitrogen and oxygen atoms in total. The predicted octanol–water partition coefficient (Wildman–Crippen LogP) is 3.13. The van der Waals surface area contributed by atoms with Gasteiger partial charge in [0.25, 0.3) is 0 Å². The van der Waals surface area contributed by atoms with E-state index in [0.29, 0.717) is 16.6 Å². The van der Waals surface area contributed by atoms with Gasteiger partial charge in [0.2, 0.25) is 5.91 Å². The van der Waals surface area contributed by atoms with Crippen molar-refractivity contribution in [3.8, 4) is 0 Å². The van der Waals surface area contributed by atoms with E-state index in [0.717, 1.165) is 31.2 Å². The molecule has 2 fully saturated rings. The van der Waals surface area contributed by atoms with Gasteiger partial charge in [-0.05, 0) is 55.4 Å². The summed E-state index contributed by atoms with van der Waals surface area (Å²) in [6.07, 6.45) is 3.43. The number of aliphatic hydroxyl groups is 1. The molecule has 1 aromatic carbocycles. The molecule has 2 N–H and O–H groups in total. The minimum absolute atomic E-state index is 0.0198. The maximum atomic E-state index is 12.1. The second-order valence-corrected chi connectivity index (χ2v) is 6.82. The molecule has 0 aromatic heterocycles. The van der Waals surface area contributed by atoms with Crippen LogP contribution in [0.4, 0.5) is 0 Å². The Kier molecular flexibility index (Phi) is 3.69. The Morgan fingerprint density at radius 2 is 1.95 bits per heavy atom. The average molecular weight is 314 g/mol. The van der Waals surface area contributed by atoms with Crippen molar-refractivity contribution in [2.45, 2.75) is 37.2 Å². The van der Waals surface area contributed by atoms with Crippen LogP contribution in [0.1, 0.15) is 37.2 Å². The number of amides is 1. The fraction of sp³-hybridized carbons (Fsp3) is 0.533. The molecule has 0 bridgehead atoms. The third-order valence-corrected chi connectivity index (χ3v) is 4.75. The van der Waals surface area contributed by atoms with Crippen LogP contribution >= 0.6 is 23.2 Å². The molecular formula is C15H17Cl2NO2. The molecule has 2 aliphatic rings. The molecule has 1 aromatic rings. The molecule has 2 atom stereocenters. The molecule has 3 rings (SSSR count). The number of benzene rings is 1. The van der Waals surface area contributed by atoms with Crippen LogP contribution in [-0.4, -0.2) is 23.2 Å². The van der Waals surface area contributed by atoms with Gasteiger partial charge in [0.15, 0.2) is 0 Å². The summed E-state index contributed by atoms with van der Waals surface area (Å²) in [5.41, 5.74) is 0.351. The van der Waals surface area contributed by atoms with E-state index in [9.17, 15) is 9.90 Å². The molecular weight excluding hydrogens is 297 g/mol. The summed E-state index contributed by atoms with van der Waals surface area (Å²) in [4.78, 5) is 12.1. The second-order valence-electron chi connectivity index (χ2n) is 5.95. The van der Waals surface area contributed by atoms with Crippen molar-refractivity contribution in [2.75, 3.05) is 6.54 Å². The minimum atomic E-state index is -0.667. The van der Waals surface area contributed by atoms with Gasteiger partial charge in [0.05, 0.1) is 5.60 Å². The average Bonchev–Trinajstić information content (AvgIpc) is 3.12. The molecule has 5 heteroatoms. The van der Waals surface area contributed by atoms with Gasteiger partial charge < -0.3 is 10.4 Å². The molecule has 2 unspecified atom stereocenters. The van der Waals surface area contributed by atoms with Crippen molar-refractivity contribution < 1.29 is 9.90 Å². The summed E-state index contributed by atoms with van der Waals surface area (Å²) in [6.45, 7) is 0.366. The van der Waals surface area contributed by atoms with E-state index in [1.807, 2.05) is 12.1 Å². The first-order chi connectivity index (χ1) is 9.47. The Bertz CT molecular complexity index is 522. The normalized spacial score (nSPS) is 26.8. The third kappa shape index (κ3) is 2.95. The lowest BCUT2D eigenvalue weighted by molar-refractivity contribution is -0.124. The lowest BCUT2D eigenvalue weighted by Gasteiger charge is -2.36. The first-order valence-corrected chi connectivity index (χ1v) is 7.69. The number of hydrogen-bond acceptors (Lipinski definition) is 2. The molecule has 0 spiro atoms. The smallest absolute Gasteiger partial charge is 0.223 e. The van der Waals surface area contributed by atoms with Crippen LogP contribution in [0.3, 0.4) is 0 Å². The van der Waals surface area contributed by atoms with E-state index in [-0.39, 0.29) is 17.7 Å². The first kappa shape index (κ1) is 14.2. The number of carbonyl (C=O) groups is 1. The van der Waals surface area contributed by atoms with Gasteiger partial charge in [0, 0.05) is 22.5 Å². The van der Waals surface area contributed by atoms with Crippen molar-refractivity contribution in [2.24, 2.45) is 5.92 Å². The fourth-order valence-electron chi connectivity index (χ4n) is 2.79. The van der Waals surface area contributed by atoms with Crippen molar-refractivity contribution in [1.29, 1.82) is 0 Å². The topological polar surface area (TPSA) is 49.3 Å². The summed E-state index contributed by atoms with van der Waals surface area (Å²) >= 11 is 12.0. The fourth-order valence-corrected chi connectivity index (χ4v) is 3.33. The van der Waals surface area contributed by atoms with Crippen LogP contribution in [0.5, 0.6) is 0 Å². The maximum Gasteiger partial charge on any atom is 0.223 e. The van der Waals surface area contributed by atoms with E-state index in [1.54, 1.807) is 6.07 Å². The Morgan fingerprint density at radius 3 is 2.50 bits per heavy atom. The SMILES string of the molecule is O=C(NCC1(O)CCC1)C1CC1c1cc(Cl)cc(Cl)c1. The highest BCUT2D eigenvalue weighted by molar-refractivity contribution is 6.34. The molecule has 0 aliphatic heterocycles. The zero-order valence-corrected chi connectivity index (χ0v) is 12.5. The van der Waals surface area contributed by atoms with Gasteiger partial charge in [-0.2, -0.15) is 0 Å². The molecule has 0 radical (unpaired) electrons. The quantitative estimate of drug-likeness (QED) is 0.897. The number of rotatable bonds is 4. The van der Waals surface area contributed by atoms with Gasteiger partial charge in [0.1, 0.15) is 0 Å². The van der Waals surface area contributed by atoms with Crippen molar-refractivity contribution >= 4 is 29.1 Å².